The zero-order chi connectivity index (χ0) is 24.4. The number of fused-ring (bicyclic) bond motifs is 3. The average molecular weight is 487 g/mol. The lowest BCUT2D eigenvalue weighted by Gasteiger charge is -2.42. The number of hydrogen-bond acceptors (Lipinski definition) is 6. The Kier molecular flexibility index (Phi) is 4.73. The number of halogens is 4. The van der Waals surface area contributed by atoms with Crippen LogP contribution in [0.4, 0.5) is 29.3 Å². The van der Waals surface area contributed by atoms with Crippen LogP contribution in [0.2, 0.25) is 0 Å². The van der Waals surface area contributed by atoms with Gasteiger partial charge in [-0.25, -0.2) is 14.4 Å². The summed E-state index contributed by atoms with van der Waals surface area (Å²) in [5.74, 6) is 0.303. The standard InChI is InChI=1S/C22H21F4N9/c1-33-15(5-9-28-33)30-20-27-8-4-14(29-20)13-12-34-10-3-11-35-18(17(34)16(13)23)31-32-19(35)21(6-2-7-21)22(24,25)26/h4-5,8-9,12H,2-3,6-7,10-11H2,1H3,(H,27,29,30). The second kappa shape index (κ2) is 7.62. The number of rotatable bonds is 4. The van der Waals surface area contributed by atoms with Crippen molar-refractivity contribution in [3.8, 4) is 22.8 Å². The van der Waals surface area contributed by atoms with Crippen molar-refractivity contribution in [1.82, 2.24) is 39.1 Å². The van der Waals surface area contributed by atoms with Crippen molar-refractivity contribution < 1.29 is 17.6 Å². The molecule has 13 heteroatoms. The van der Waals surface area contributed by atoms with E-state index in [0.29, 0.717) is 30.9 Å². The summed E-state index contributed by atoms with van der Waals surface area (Å²) in [6.07, 6.45) is 1.23. The molecule has 1 saturated carbocycles. The van der Waals surface area contributed by atoms with Crippen molar-refractivity contribution in [2.24, 2.45) is 7.05 Å². The Balaban J connectivity index is 1.41. The molecule has 0 aromatic carbocycles. The molecule has 9 nitrogen and oxygen atoms in total. The molecule has 35 heavy (non-hydrogen) atoms. The lowest BCUT2D eigenvalue weighted by Crippen LogP contribution is -2.49. The van der Waals surface area contributed by atoms with Gasteiger partial charge in [-0.05, 0) is 25.3 Å². The predicted octanol–water partition coefficient (Wildman–Crippen LogP) is 4.21. The predicted molar refractivity (Wildman–Crippen MR) is 117 cm³/mol. The van der Waals surface area contributed by atoms with Crippen LogP contribution in [0.1, 0.15) is 31.5 Å². The third-order valence-corrected chi connectivity index (χ3v) is 6.93. The van der Waals surface area contributed by atoms with E-state index in [1.807, 2.05) is 0 Å². The topological polar surface area (TPSA) is 91.3 Å². The zero-order valence-corrected chi connectivity index (χ0v) is 18.7. The Labute approximate surface area is 196 Å². The molecule has 6 rings (SSSR count). The quantitative estimate of drug-likeness (QED) is 0.434. The van der Waals surface area contributed by atoms with Gasteiger partial charge in [0.15, 0.2) is 11.6 Å². The van der Waals surface area contributed by atoms with Crippen LogP contribution in [0, 0.1) is 5.82 Å². The van der Waals surface area contributed by atoms with Crippen molar-refractivity contribution in [1.29, 1.82) is 0 Å². The van der Waals surface area contributed by atoms with E-state index in [-0.39, 0.29) is 48.2 Å². The fourth-order valence-electron chi connectivity index (χ4n) is 4.90. The molecular formula is C22H21F4N9. The number of nitrogens with one attached hydrogen (secondary N) is 1. The molecule has 1 N–H and O–H groups in total. The van der Waals surface area contributed by atoms with Gasteiger partial charge < -0.3 is 14.5 Å². The molecule has 2 aliphatic rings. The van der Waals surface area contributed by atoms with Crippen molar-refractivity contribution in [3.63, 3.8) is 0 Å². The maximum absolute atomic E-state index is 15.8. The molecule has 1 aliphatic carbocycles. The summed E-state index contributed by atoms with van der Waals surface area (Å²) in [4.78, 5) is 8.62. The van der Waals surface area contributed by atoms with E-state index >= 15 is 4.39 Å². The summed E-state index contributed by atoms with van der Waals surface area (Å²) in [5.41, 5.74) is -1.35. The fourth-order valence-corrected chi connectivity index (χ4v) is 4.90. The third-order valence-electron chi connectivity index (χ3n) is 6.93. The van der Waals surface area contributed by atoms with E-state index in [4.69, 9.17) is 0 Å². The van der Waals surface area contributed by atoms with Crippen molar-refractivity contribution >= 4 is 11.8 Å². The van der Waals surface area contributed by atoms with Gasteiger partial charge in [0.25, 0.3) is 0 Å². The highest BCUT2D eigenvalue weighted by Gasteiger charge is 2.62. The van der Waals surface area contributed by atoms with Crippen LogP contribution < -0.4 is 5.32 Å². The molecular weight excluding hydrogens is 466 g/mol. The van der Waals surface area contributed by atoms with Gasteiger partial charge in [0.1, 0.15) is 22.8 Å². The van der Waals surface area contributed by atoms with Gasteiger partial charge in [-0.1, -0.05) is 6.42 Å². The summed E-state index contributed by atoms with van der Waals surface area (Å²) >= 11 is 0. The molecule has 1 aliphatic heterocycles. The molecule has 5 heterocycles. The maximum Gasteiger partial charge on any atom is 0.401 e. The van der Waals surface area contributed by atoms with Gasteiger partial charge >= 0.3 is 6.18 Å². The molecule has 0 saturated heterocycles. The minimum absolute atomic E-state index is 0.0310. The summed E-state index contributed by atoms with van der Waals surface area (Å²) in [6.45, 7) is 0.720. The van der Waals surface area contributed by atoms with Gasteiger partial charge in [0.05, 0.1) is 17.5 Å². The molecule has 0 spiro atoms. The Morgan fingerprint density at radius 3 is 2.57 bits per heavy atom. The van der Waals surface area contributed by atoms with Crippen LogP contribution in [0.15, 0.2) is 30.7 Å². The van der Waals surface area contributed by atoms with Gasteiger partial charge in [0.2, 0.25) is 5.95 Å². The first-order chi connectivity index (χ1) is 16.8. The van der Waals surface area contributed by atoms with E-state index < -0.39 is 17.4 Å². The van der Waals surface area contributed by atoms with Crippen molar-refractivity contribution in [2.45, 2.75) is 50.4 Å². The lowest BCUT2D eigenvalue weighted by atomic mass is 9.67. The number of hydrogen-bond donors (Lipinski definition) is 1. The molecule has 4 aromatic heterocycles. The Bertz CT molecular complexity index is 1410. The van der Waals surface area contributed by atoms with Crippen LogP contribution >= 0.6 is 0 Å². The lowest BCUT2D eigenvalue weighted by molar-refractivity contribution is -0.216. The fraction of sp³-hybridized carbons (Fsp3) is 0.409. The van der Waals surface area contributed by atoms with Gasteiger partial charge in [-0.2, -0.15) is 18.3 Å². The van der Waals surface area contributed by atoms with Crippen molar-refractivity contribution in [2.75, 3.05) is 5.32 Å². The molecule has 0 unspecified atom stereocenters. The number of anilines is 2. The number of alkyl halides is 3. The minimum Gasteiger partial charge on any atom is -0.342 e. The maximum atomic E-state index is 15.8. The Morgan fingerprint density at radius 2 is 1.89 bits per heavy atom. The van der Waals surface area contributed by atoms with Crippen molar-refractivity contribution in [3.05, 3.63) is 42.4 Å². The highest BCUT2D eigenvalue weighted by molar-refractivity contribution is 5.69. The summed E-state index contributed by atoms with van der Waals surface area (Å²) < 4.78 is 62.6. The third kappa shape index (κ3) is 3.24. The van der Waals surface area contributed by atoms with E-state index in [2.05, 4.69) is 30.6 Å². The largest absolute Gasteiger partial charge is 0.401 e. The first kappa shape index (κ1) is 21.7. The molecule has 1 fully saturated rings. The second-order valence-electron chi connectivity index (χ2n) is 8.92. The van der Waals surface area contributed by atoms with E-state index in [1.165, 1.54) is 10.8 Å². The molecule has 0 bridgehead atoms. The van der Waals surface area contributed by atoms with Gasteiger partial charge in [-0.3, -0.25) is 4.68 Å². The van der Waals surface area contributed by atoms with Gasteiger partial charge in [0, 0.05) is 38.6 Å². The summed E-state index contributed by atoms with van der Waals surface area (Å²) in [7, 11) is 1.76. The summed E-state index contributed by atoms with van der Waals surface area (Å²) in [5, 5.41) is 15.1. The first-order valence-electron chi connectivity index (χ1n) is 11.3. The van der Waals surface area contributed by atoms with Gasteiger partial charge in [-0.15, -0.1) is 10.2 Å². The average Bonchev–Trinajstić information content (AvgIpc) is 3.42. The number of nitrogens with zero attached hydrogens (tertiary/aromatic N) is 8. The van der Waals surface area contributed by atoms with Crippen LogP contribution in [0.3, 0.4) is 0 Å². The SMILES string of the molecule is Cn1nccc1Nc1nccc(-c2cn3c(c2F)-c2nnc(C4(C(F)(F)F)CCC4)n2CCC3)n1. The highest BCUT2D eigenvalue weighted by Crippen LogP contribution is 2.54. The Hall–Kier alpha value is -3.77. The molecule has 0 atom stereocenters. The smallest absolute Gasteiger partial charge is 0.342 e. The molecule has 182 valence electrons. The monoisotopic (exact) mass is 487 g/mol. The van der Waals surface area contributed by atoms with E-state index in [1.54, 1.807) is 40.8 Å². The van der Waals surface area contributed by atoms with Crippen LogP contribution in [-0.2, 0) is 25.6 Å². The Morgan fingerprint density at radius 1 is 1.06 bits per heavy atom. The first-order valence-corrected chi connectivity index (χ1v) is 11.3. The van der Waals surface area contributed by atoms with Crippen LogP contribution in [0.25, 0.3) is 22.8 Å². The van der Waals surface area contributed by atoms with E-state index in [0.717, 1.165) is 0 Å². The number of aryl methyl sites for hydroxylation is 2. The van der Waals surface area contributed by atoms with E-state index in [9.17, 15) is 13.2 Å². The van der Waals surface area contributed by atoms with Crippen LogP contribution in [-0.4, -0.2) is 45.3 Å². The highest BCUT2D eigenvalue weighted by atomic mass is 19.4. The zero-order valence-electron chi connectivity index (χ0n) is 18.7. The van der Waals surface area contributed by atoms with Crippen LogP contribution in [0.5, 0.6) is 0 Å². The molecule has 0 amide bonds. The number of aromatic nitrogens is 8. The molecule has 0 radical (unpaired) electrons. The minimum atomic E-state index is -4.44. The second-order valence-corrected chi connectivity index (χ2v) is 8.92. The summed E-state index contributed by atoms with van der Waals surface area (Å²) in [6, 6.07) is 3.33. The normalized spacial score (nSPS) is 16.8. The molecule has 4 aromatic rings.